The Labute approximate surface area is 119 Å². The topological polar surface area (TPSA) is 72.5 Å². The minimum Gasteiger partial charge on any atom is -0.506 e. The summed E-state index contributed by atoms with van der Waals surface area (Å²) >= 11 is 0. The third-order valence-electron chi connectivity index (χ3n) is 3.89. The van der Waals surface area contributed by atoms with E-state index in [9.17, 15) is 9.90 Å². The SMILES string of the molecule is CC1CC(OC(=O)c2ccc(N)c(O)c2)CC(C)(C)C1. The molecular formula is C16H23NO3. The standard InChI is InChI=1S/C16H23NO3/c1-10-6-12(9-16(2,3)8-10)20-15(19)11-4-5-13(17)14(18)7-11/h4-5,7,10,12,18H,6,8-9,17H2,1-3H3. The maximum absolute atomic E-state index is 12.1. The molecule has 0 radical (unpaired) electrons. The Kier molecular flexibility index (Phi) is 3.93. The number of aromatic hydroxyl groups is 1. The molecule has 0 aliphatic heterocycles. The lowest BCUT2D eigenvalue weighted by molar-refractivity contribution is -0.00717. The number of esters is 1. The van der Waals surface area contributed by atoms with E-state index >= 15 is 0 Å². The van der Waals surface area contributed by atoms with Gasteiger partial charge < -0.3 is 15.6 Å². The number of carbonyl (C=O) groups excluding carboxylic acids is 1. The van der Waals surface area contributed by atoms with Gasteiger partial charge in [-0.05, 0) is 48.8 Å². The normalized spacial score (nSPS) is 25.1. The van der Waals surface area contributed by atoms with Gasteiger partial charge in [0.2, 0.25) is 0 Å². The van der Waals surface area contributed by atoms with Crippen LogP contribution in [0.25, 0.3) is 0 Å². The number of nitrogen functional groups attached to an aromatic ring is 1. The second-order valence-corrected chi connectivity index (χ2v) is 6.71. The lowest BCUT2D eigenvalue weighted by Gasteiger charge is -2.38. The van der Waals surface area contributed by atoms with Crippen molar-refractivity contribution in [1.82, 2.24) is 0 Å². The molecule has 1 saturated carbocycles. The number of hydrogen-bond acceptors (Lipinski definition) is 4. The molecule has 0 spiro atoms. The van der Waals surface area contributed by atoms with Crippen LogP contribution >= 0.6 is 0 Å². The quantitative estimate of drug-likeness (QED) is 0.494. The first kappa shape index (κ1) is 14.7. The summed E-state index contributed by atoms with van der Waals surface area (Å²) in [6, 6.07) is 4.45. The maximum Gasteiger partial charge on any atom is 0.338 e. The van der Waals surface area contributed by atoms with E-state index in [1.807, 2.05) is 0 Å². The molecular weight excluding hydrogens is 254 g/mol. The van der Waals surface area contributed by atoms with Crippen molar-refractivity contribution in [2.75, 3.05) is 5.73 Å². The number of hydrogen-bond donors (Lipinski definition) is 2. The summed E-state index contributed by atoms with van der Waals surface area (Å²) in [5.41, 5.74) is 6.32. The van der Waals surface area contributed by atoms with Crippen molar-refractivity contribution < 1.29 is 14.6 Å². The predicted octanol–water partition coefficient (Wildman–Crippen LogP) is 3.35. The van der Waals surface area contributed by atoms with Gasteiger partial charge in [0.1, 0.15) is 11.9 Å². The summed E-state index contributed by atoms with van der Waals surface area (Å²) in [6.07, 6.45) is 2.88. The van der Waals surface area contributed by atoms with Crippen LogP contribution in [0.3, 0.4) is 0 Å². The number of phenolic OH excluding ortho intramolecular Hbond substituents is 1. The zero-order valence-corrected chi connectivity index (χ0v) is 12.3. The Hall–Kier alpha value is -1.71. The molecule has 0 saturated heterocycles. The molecule has 4 nitrogen and oxygen atoms in total. The van der Waals surface area contributed by atoms with Crippen molar-refractivity contribution in [3.8, 4) is 5.75 Å². The van der Waals surface area contributed by atoms with Gasteiger partial charge in [0.05, 0.1) is 11.3 Å². The third-order valence-corrected chi connectivity index (χ3v) is 3.89. The Balaban J connectivity index is 2.05. The van der Waals surface area contributed by atoms with Crippen molar-refractivity contribution in [2.24, 2.45) is 11.3 Å². The van der Waals surface area contributed by atoms with Crippen LogP contribution in [0, 0.1) is 11.3 Å². The van der Waals surface area contributed by atoms with Crippen LogP contribution in [-0.4, -0.2) is 17.2 Å². The molecule has 1 aliphatic carbocycles. The smallest absolute Gasteiger partial charge is 0.338 e. The van der Waals surface area contributed by atoms with Crippen molar-refractivity contribution >= 4 is 11.7 Å². The van der Waals surface area contributed by atoms with Gasteiger partial charge in [-0.15, -0.1) is 0 Å². The summed E-state index contributed by atoms with van der Waals surface area (Å²) in [6.45, 7) is 6.61. The van der Waals surface area contributed by atoms with E-state index in [4.69, 9.17) is 10.5 Å². The molecule has 4 heteroatoms. The number of benzene rings is 1. The molecule has 1 aliphatic rings. The lowest BCUT2D eigenvalue weighted by atomic mass is 9.71. The lowest BCUT2D eigenvalue weighted by Crippen LogP contribution is -2.33. The van der Waals surface area contributed by atoms with Gasteiger partial charge in [0.25, 0.3) is 0 Å². The van der Waals surface area contributed by atoms with Crippen molar-refractivity contribution in [3.63, 3.8) is 0 Å². The van der Waals surface area contributed by atoms with Crippen LogP contribution in [-0.2, 0) is 4.74 Å². The highest BCUT2D eigenvalue weighted by atomic mass is 16.5. The number of carbonyl (C=O) groups is 1. The maximum atomic E-state index is 12.1. The van der Waals surface area contributed by atoms with Crippen molar-refractivity contribution in [2.45, 2.75) is 46.1 Å². The molecule has 110 valence electrons. The van der Waals surface area contributed by atoms with E-state index in [-0.39, 0.29) is 23.0 Å². The van der Waals surface area contributed by atoms with Crippen LogP contribution in [0.1, 0.15) is 50.4 Å². The largest absolute Gasteiger partial charge is 0.506 e. The van der Waals surface area contributed by atoms with E-state index in [1.165, 1.54) is 12.1 Å². The van der Waals surface area contributed by atoms with Gasteiger partial charge in [0, 0.05) is 0 Å². The highest BCUT2D eigenvalue weighted by Crippen LogP contribution is 2.40. The van der Waals surface area contributed by atoms with Gasteiger partial charge in [0.15, 0.2) is 0 Å². The molecule has 20 heavy (non-hydrogen) atoms. The van der Waals surface area contributed by atoms with E-state index in [1.54, 1.807) is 6.07 Å². The zero-order chi connectivity index (χ0) is 14.9. The molecule has 0 heterocycles. The number of nitrogens with two attached hydrogens (primary N) is 1. The van der Waals surface area contributed by atoms with Gasteiger partial charge in [-0.25, -0.2) is 4.79 Å². The molecule has 1 aromatic carbocycles. The Bertz CT molecular complexity index is 510. The highest BCUT2D eigenvalue weighted by molar-refractivity contribution is 5.90. The first-order valence-electron chi connectivity index (χ1n) is 7.06. The van der Waals surface area contributed by atoms with Gasteiger partial charge in [-0.2, -0.15) is 0 Å². The van der Waals surface area contributed by atoms with E-state index in [2.05, 4.69) is 20.8 Å². The second-order valence-electron chi connectivity index (χ2n) is 6.71. The zero-order valence-electron chi connectivity index (χ0n) is 12.3. The Morgan fingerprint density at radius 1 is 1.40 bits per heavy atom. The third kappa shape index (κ3) is 3.44. The fourth-order valence-corrected chi connectivity index (χ4v) is 3.24. The van der Waals surface area contributed by atoms with Crippen molar-refractivity contribution in [1.29, 1.82) is 0 Å². The molecule has 1 aromatic rings. The van der Waals surface area contributed by atoms with Gasteiger partial charge in [-0.3, -0.25) is 0 Å². The molecule has 1 fully saturated rings. The number of ether oxygens (including phenoxy) is 1. The average Bonchev–Trinajstić information content (AvgIpc) is 2.29. The van der Waals surface area contributed by atoms with Gasteiger partial charge >= 0.3 is 5.97 Å². The summed E-state index contributed by atoms with van der Waals surface area (Å²) in [7, 11) is 0. The summed E-state index contributed by atoms with van der Waals surface area (Å²) in [5, 5.41) is 9.55. The fourth-order valence-electron chi connectivity index (χ4n) is 3.24. The van der Waals surface area contributed by atoms with E-state index in [0.29, 0.717) is 11.5 Å². The first-order valence-corrected chi connectivity index (χ1v) is 7.06. The summed E-state index contributed by atoms with van der Waals surface area (Å²) < 4.78 is 5.59. The Morgan fingerprint density at radius 3 is 2.70 bits per heavy atom. The molecule has 2 unspecified atom stereocenters. The van der Waals surface area contributed by atoms with Crippen LogP contribution in [0.15, 0.2) is 18.2 Å². The molecule has 3 N–H and O–H groups in total. The number of anilines is 1. The average molecular weight is 277 g/mol. The molecule has 0 bridgehead atoms. The predicted molar refractivity (Wildman–Crippen MR) is 78.5 cm³/mol. The van der Waals surface area contributed by atoms with Crippen LogP contribution in [0.5, 0.6) is 5.75 Å². The summed E-state index contributed by atoms with van der Waals surface area (Å²) in [4.78, 5) is 12.1. The second kappa shape index (κ2) is 5.35. The molecule has 0 aromatic heterocycles. The van der Waals surface area contributed by atoms with Gasteiger partial charge in [-0.1, -0.05) is 20.8 Å². The fraction of sp³-hybridized carbons (Fsp3) is 0.562. The number of phenols is 1. The minimum atomic E-state index is -0.393. The van der Waals surface area contributed by atoms with E-state index < -0.39 is 5.97 Å². The van der Waals surface area contributed by atoms with Crippen LogP contribution in [0.2, 0.25) is 0 Å². The van der Waals surface area contributed by atoms with Crippen LogP contribution < -0.4 is 5.73 Å². The van der Waals surface area contributed by atoms with Crippen molar-refractivity contribution in [3.05, 3.63) is 23.8 Å². The molecule has 2 rings (SSSR count). The summed E-state index contributed by atoms with van der Waals surface area (Å²) in [5.74, 6) is 0.0726. The van der Waals surface area contributed by atoms with Crippen LogP contribution in [0.4, 0.5) is 5.69 Å². The monoisotopic (exact) mass is 277 g/mol. The van der Waals surface area contributed by atoms with E-state index in [0.717, 1.165) is 19.3 Å². The molecule has 2 atom stereocenters. The minimum absolute atomic E-state index is 0.0547. The molecule has 0 amide bonds. The Morgan fingerprint density at radius 2 is 2.10 bits per heavy atom. The number of rotatable bonds is 2. The first-order chi connectivity index (χ1) is 9.27. The highest BCUT2D eigenvalue weighted by Gasteiger charge is 2.34.